The zero-order valence-corrected chi connectivity index (χ0v) is 11.3. The molecule has 0 aliphatic carbocycles. The van der Waals surface area contributed by atoms with E-state index in [1.165, 1.54) is 0 Å². The molecule has 0 atom stereocenters. The van der Waals surface area contributed by atoms with Gasteiger partial charge in [0.25, 0.3) is 5.91 Å². The predicted octanol–water partition coefficient (Wildman–Crippen LogP) is 2.58. The number of ether oxygens (including phenoxy) is 1. The maximum atomic E-state index is 11.2. The predicted molar refractivity (Wildman–Crippen MR) is 75.1 cm³/mol. The maximum absolute atomic E-state index is 11.2. The molecule has 0 aromatic heterocycles. The van der Waals surface area contributed by atoms with Crippen molar-refractivity contribution in [2.75, 3.05) is 11.9 Å². The van der Waals surface area contributed by atoms with Crippen LogP contribution in [-0.2, 0) is 4.79 Å². The van der Waals surface area contributed by atoms with E-state index in [-0.39, 0.29) is 12.5 Å². The third-order valence-electron chi connectivity index (χ3n) is 2.87. The van der Waals surface area contributed by atoms with Crippen molar-refractivity contribution in [3.63, 3.8) is 0 Å². The molecule has 0 saturated heterocycles. The smallest absolute Gasteiger partial charge is 0.262 e. The van der Waals surface area contributed by atoms with Crippen molar-refractivity contribution in [2.45, 2.75) is 32.3 Å². The van der Waals surface area contributed by atoms with Crippen LogP contribution in [0.5, 0.6) is 5.75 Å². The molecule has 1 aliphatic rings. The van der Waals surface area contributed by atoms with E-state index >= 15 is 0 Å². The van der Waals surface area contributed by atoms with Crippen LogP contribution in [0.2, 0.25) is 0 Å². The molecule has 2 rings (SSSR count). The molecule has 4 heteroatoms. The summed E-state index contributed by atoms with van der Waals surface area (Å²) in [4.78, 5) is 11.2. The SMILES string of the molecule is CC(C)(O)CC/C=C/c1ccc2c(c1)NC(=O)CO2. The van der Waals surface area contributed by atoms with Gasteiger partial charge in [0.15, 0.2) is 6.61 Å². The lowest BCUT2D eigenvalue weighted by molar-refractivity contribution is -0.118. The van der Waals surface area contributed by atoms with Crippen molar-refractivity contribution in [1.82, 2.24) is 0 Å². The topological polar surface area (TPSA) is 58.6 Å². The highest BCUT2D eigenvalue weighted by Gasteiger charge is 2.15. The molecule has 19 heavy (non-hydrogen) atoms. The summed E-state index contributed by atoms with van der Waals surface area (Å²) in [6, 6.07) is 5.67. The van der Waals surface area contributed by atoms with Gasteiger partial charge in [-0.3, -0.25) is 4.79 Å². The molecular formula is C15H19NO3. The fourth-order valence-corrected chi connectivity index (χ4v) is 1.86. The third kappa shape index (κ3) is 4.10. The Morgan fingerprint density at radius 3 is 3.00 bits per heavy atom. The number of aliphatic hydroxyl groups is 1. The fraction of sp³-hybridized carbons (Fsp3) is 0.400. The fourth-order valence-electron chi connectivity index (χ4n) is 1.86. The van der Waals surface area contributed by atoms with Crippen LogP contribution in [-0.4, -0.2) is 23.2 Å². The highest BCUT2D eigenvalue weighted by molar-refractivity contribution is 5.95. The first-order valence-electron chi connectivity index (χ1n) is 6.40. The number of allylic oxidation sites excluding steroid dienone is 1. The number of carbonyl (C=O) groups excluding carboxylic acids is 1. The summed E-state index contributed by atoms with van der Waals surface area (Å²) in [5.74, 6) is 0.573. The number of anilines is 1. The Hall–Kier alpha value is -1.81. The standard InChI is InChI=1S/C15H19NO3/c1-15(2,18)8-4-3-5-11-6-7-13-12(9-11)16-14(17)10-19-13/h3,5-7,9,18H,4,8,10H2,1-2H3,(H,16,17)/b5-3+. The first-order valence-corrected chi connectivity index (χ1v) is 6.40. The zero-order valence-electron chi connectivity index (χ0n) is 11.3. The van der Waals surface area contributed by atoms with Crippen LogP contribution < -0.4 is 10.1 Å². The van der Waals surface area contributed by atoms with Gasteiger partial charge in [-0.2, -0.15) is 0 Å². The minimum Gasteiger partial charge on any atom is -0.482 e. The number of hydrogen-bond acceptors (Lipinski definition) is 3. The number of rotatable bonds is 4. The largest absolute Gasteiger partial charge is 0.482 e. The third-order valence-corrected chi connectivity index (χ3v) is 2.87. The molecular weight excluding hydrogens is 242 g/mol. The molecule has 0 bridgehead atoms. The summed E-state index contributed by atoms with van der Waals surface area (Å²) in [5.41, 5.74) is 1.07. The molecule has 1 aromatic carbocycles. The number of nitrogens with one attached hydrogen (secondary N) is 1. The molecule has 0 unspecified atom stereocenters. The second kappa shape index (κ2) is 5.45. The highest BCUT2D eigenvalue weighted by Crippen LogP contribution is 2.28. The monoisotopic (exact) mass is 261 g/mol. The van der Waals surface area contributed by atoms with Gasteiger partial charge in [-0.05, 0) is 44.4 Å². The van der Waals surface area contributed by atoms with E-state index in [4.69, 9.17) is 4.74 Å². The van der Waals surface area contributed by atoms with Crippen molar-refractivity contribution in [3.8, 4) is 5.75 Å². The number of amides is 1. The van der Waals surface area contributed by atoms with E-state index in [0.717, 1.165) is 12.0 Å². The van der Waals surface area contributed by atoms with Gasteiger partial charge >= 0.3 is 0 Å². The molecule has 2 N–H and O–H groups in total. The van der Waals surface area contributed by atoms with Gasteiger partial charge in [0.1, 0.15) is 5.75 Å². The second-order valence-electron chi connectivity index (χ2n) is 5.35. The Labute approximate surface area is 113 Å². The van der Waals surface area contributed by atoms with Gasteiger partial charge in [-0.25, -0.2) is 0 Å². The maximum Gasteiger partial charge on any atom is 0.262 e. The first-order chi connectivity index (χ1) is 8.94. The van der Waals surface area contributed by atoms with E-state index in [0.29, 0.717) is 17.9 Å². The molecule has 1 aliphatic heterocycles. The second-order valence-corrected chi connectivity index (χ2v) is 5.35. The van der Waals surface area contributed by atoms with Crippen LogP contribution in [0, 0.1) is 0 Å². The molecule has 4 nitrogen and oxygen atoms in total. The molecule has 1 aromatic rings. The van der Waals surface area contributed by atoms with Gasteiger partial charge in [0, 0.05) is 0 Å². The van der Waals surface area contributed by atoms with Gasteiger partial charge in [-0.15, -0.1) is 0 Å². The molecule has 102 valence electrons. The average Bonchev–Trinajstić information content (AvgIpc) is 2.33. The summed E-state index contributed by atoms with van der Waals surface area (Å²) < 4.78 is 5.29. The quantitative estimate of drug-likeness (QED) is 0.875. The van der Waals surface area contributed by atoms with Crippen molar-refractivity contribution in [3.05, 3.63) is 29.8 Å². The lowest BCUT2D eigenvalue weighted by atomic mass is 10.0. The van der Waals surface area contributed by atoms with E-state index in [2.05, 4.69) is 5.32 Å². The minimum absolute atomic E-state index is 0.0772. The number of fused-ring (bicyclic) bond motifs is 1. The molecule has 0 fully saturated rings. The van der Waals surface area contributed by atoms with Crippen molar-refractivity contribution in [2.24, 2.45) is 0 Å². The summed E-state index contributed by atoms with van der Waals surface area (Å²) in [6.45, 7) is 3.67. The first kappa shape index (κ1) is 13.6. The number of hydrogen-bond donors (Lipinski definition) is 2. The Balaban J connectivity index is 2.00. The molecule has 0 spiro atoms. The van der Waals surface area contributed by atoms with E-state index in [1.807, 2.05) is 30.4 Å². The highest BCUT2D eigenvalue weighted by atomic mass is 16.5. The van der Waals surface area contributed by atoms with Crippen molar-refractivity contribution < 1.29 is 14.6 Å². The van der Waals surface area contributed by atoms with Gasteiger partial charge in [-0.1, -0.05) is 18.2 Å². The molecule has 0 saturated carbocycles. The zero-order chi connectivity index (χ0) is 13.9. The lowest BCUT2D eigenvalue weighted by Crippen LogP contribution is -2.25. The van der Waals surface area contributed by atoms with Crippen LogP contribution in [0.25, 0.3) is 6.08 Å². The average molecular weight is 261 g/mol. The normalized spacial score (nSPS) is 15.0. The van der Waals surface area contributed by atoms with E-state index in [1.54, 1.807) is 13.8 Å². The Morgan fingerprint density at radius 1 is 1.47 bits per heavy atom. The molecule has 1 amide bonds. The molecule has 0 radical (unpaired) electrons. The van der Waals surface area contributed by atoms with E-state index in [9.17, 15) is 9.90 Å². The Kier molecular flexibility index (Phi) is 3.90. The van der Waals surface area contributed by atoms with Crippen LogP contribution in [0.3, 0.4) is 0 Å². The van der Waals surface area contributed by atoms with Gasteiger partial charge < -0.3 is 15.2 Å². The summed E-state index contributed by atoms with van der Waals surface area (Å²) in [6.07, 6.45) is 5.52. The van der Waals surface area contributed by atoms with E-state index < -0.39 is 5.60 Å². The summed E-state index contributed by atoms with van der Waals surface area (Å²) >= 11 is 0. The van der Waals surface area contributed by atoms with Crippen LogP contribution in [0.1, 0.15) is 32.3 Å². The summed E-state index contributed by atoms with van der Waals surface area (Å²) in [7, 11) is 0. The lowest BCUT2D eigenvalue weighted by Gasteiger charge is -2.18. The van der Waals surface area contributed by atoms with Crippen LogP contribution in [0.15, 0.2) is 24.3 Å². The van der Waals surface area contributed by atoms with Crippen molar-refractivity contribution >= 4 is 17.7 Å². The van der Waals surface area contributed by atoms with Crippen LogP contribution >= 0.6 is 0 Å². The van der Waals surface area contributed by atoms with Gasteiger partial charge in [0.05, 0.1) is 11.3 Å². The number of benzene rings is 1. The summed E-state index contributed by atoms with van der Waals surface area (Å²) in [5, 5.41) is 12.4. The minimum atomic E-state index is -0.637. The van der Waals surface area contributed by atoms with Crippen LogP contribution in [0.4, 0.5) is 5.69 Å². The molecule has 1 heterocycles. The Bertz CT molecular complexity index is 501. The van der Waals surface area contributed by atoms with Crippen molar-refractivity contribution in [1.29, 1.82) is 0 Å². The Morgan fingerprint density at radius 2 is 2.26 bits per heavy atom. The number of carbonyl (C=O) groups is 1. The van der Waals surface area contributed by atoms with Gasteiger partial charge in [0.2, 0.25) is 0 Å².